The zero-order valence-electron chi connectivity index (χ0n) is 4.89. The third kappa shape index (κ3) is 0.993. The van der Waals surface area contributed by atoms with E-state index in [1.807, 2.05) is 19.2 Å². The molecule has 46 valence electrons. The summed E-state index contributed by atoms with van der Waals surface area (Å²) >= 11 is 0. The predicted molar refractivity (Wildman–Crippen MR) is 32.8 cm³/mol. The monoisotopic (exact) mass is 113 g/mol. The van der Waals surface area contributed by atoms with Crippen molar-refractivity contribution >= 4 is 0 Å². The Morgan fingerprint density at radius 2 is 2.38 bits per heavy atom. The normalized spacial score (nSPS) is 36.8. The standard InChI is InChI=1S/C5H11N3/c1-4-5(6)2-3-7-8-4/h2-5,7-8H,6H2,1H3/t4-,5?/m1/s1. The highest BCUT2D eigenvalue weighted by Crippen LogP contribution is 1.92. The molecule has 1 rings (SSSR count). The van der Waals surface area contributed by atoms with Gasteiger partial charge in [0.2, 0.25) is 0 Å². The van der Waals surface area contributed by atoms with E-state index in [-0.39, 0.29) is 6.04 Å². The van der Waals surface area contributed by atoms with Crippen LogP contribution in [0, 0.1) is 0 Å². The number of nitrogens with one attached hydrogen (secondary N) is 2. The summed E-state index contributed by atoms with van der Waals surface area (Å²) in [5.74, 6) is 0. The summed E-state index contributed by atoms with van der Waals surface area (Å²) in [6.07, 6.45) is 3.74. The molecule has 1 heterocycles. The minimum atomic E-state index is 0.149. The van der Waals surface area contributed by atoms with Crippen LogP contribution in [-0.4, -0.2) is 12.1 Å². The fraction of sp³-hybridized carbons (Fsp3) is 0.600. The molecule has 2 atom stereocenters. The van der Waals surface area contributed by atoms with Crippen LogP contribution in [0.25, 0.3) is 0 Å². The second-order valence-electron chi connectivity index (χ2n) is 2.01. The van der Waals surface area contributed by atoms with Gasteiger partial charge in [0.1, 0.15) is 0 Å². The zero-order chi connectivity index (χ0) is 5.98. The third-order valence-electron chi connectivity index (χ3n) is 1.29. The summed E-state index contributed by atoms with van der Waals surface area (Å²) in [7, 11) is 0. The first-order chi connectivity index (χ1) is 3.80. The molecule has 0 spiro atoms. The highest BCUT2D eigenvalue weighted by atomic mass is 15.4. The van der Waals surface area contributed by atoms with E-state index in [1.54, 1.807) is 0 Å². The minimum Gasteiger partial charge on any atom is -0.329 e. The van der Waals surface area contributed by atoms with Crippen LogP contribution in [0.15, 0.2) is 12.3 Å². The highest BCUT2D eigenvalue weighted by Gasteiger charge is 2.09. The first-order valence-electron chi connectivity index (χ1n) is 2.74. The Balaban J connectivity index is 2.47. The molecule has 0 amide bonds. The Labute approximate surface area is 48.9 Å². The molecule has 4 N–H and O–H groups in total. The van der Waals surface area contributed by atoms with E-state index in [1.165, 1.54) is 0 Å². The largest absolute Gasteiger partial charge is 0.329 e. The van der Waals surface area contributed by atoms with Gasteiger partial charge in [-0.25, -0.2) is 5.43 Å². The molecule has 8 heavy (non-hydrogen) atoms. The molecular formula is C5H11N3. The second kappa shape index (κ2) is 2.15. The van der Waals surface area contributed by atoms with Crippen LogP contribution in [0.2, 0.25) is 0 Å². The van der Waals surface area contributed by atoms with Crippen molar-refractivity contribution in [2.45, 2.75) is 19.0 Å². The fourth-order valence-corrected chi connectivity index (χ4v) is 0.602. The van der Waals surface area contributed by atoms with Crippen molar-refractivity contribution < 1.29 is 0 Å². The molecule has 1 unspecified atom stereocenters. The van der Waals surface area contributed by atoms with Gasteiger partial charge in [-0.2, -0.15) is 0 Å². The van der Waals surface area contributed by atoms with Crippen molar-refractivity contribution in [2.24, 2.45) is 5.73 Å². The van der Waals surface area contributed by atoms with Crippen LogP contribution in [-0.2, 0) is 0 Å². The van der Waals surface area contributed by atoms with Gasteiger partial charge >= 0.3 is 0 Å². The van der Waals surface area contributed by atoms with Crippen molar-refractivity contribution in [2.75, 3.05) is 0 Å². The van der Waals surface area contributed by atoms with Crippen molar-refractivity contribution in [3.8, 4) is 0 Å². The van der Waals surface area contributed by atoms with Crippen LogP contribution in [0.3, 0.4) is 0 Å². The molecule has 0 aromatic heterocycles. The Morgan fingerprint density at radius 1 is 1.62 bits per heavy atom. The number of hydrazine groups is 1. The van der Waals surface area contributed by atoms with Crippen molar-refractivity contribution in [3.05, 3.63) is 12.3 Å². The van der Waals surface area contributed by atoms with Gasteiger partial charge in [-0.1, -0.05) is 0 Å². The average molecular weight is 113 g/mol. The van der Waals surface area contributed by atoms with Crippen LogP contribution in [0.4, 0.5) is 0 Å². The van der Waals surface area contributed by atoms with Crippen LogP contribution < -0.4 is 16.6 Å². The summed E-state index contributed by atoms with van der Waals surface area (Å²) in [4.78, 5) is 0. The molecule has 0 aromatic carbocycles. The Hall–Kier alpha value is -0.540. The summed E-state index contributed by atoms with van der Waals surface area (Å²) in [6, 6.07) is 0.483. The quantitative estimate of drug-likeness (QED) is 0.390. The summed E-state index contributed by atoms with van der Waals surface area (Å²) in [6.45, 7) is 2.03. The maximum Gasteiger partial charge on any atom is 0.0419 e. The summed E-state index contributed by atoms with van der Waals surface area (Å²) in [5, 5.41) is 0. The maximum absolute atomic E-state index is 5.59. The van der Waals surface area contributed by atoms with Gasteiger partial charge in [0, 0.05) is 18.3 Å². The number of rotatable bonds is 0. The van der Waals surface area contributed by atoms with E-state index in [2.05, 4.69) is 10.9 Å². The lowest BCUT2D eigenvalue weighted by atomic mass is 10.1. The lowest BCUT2D eigenvalue weighted by molar-refractivity contribution is 0.446. The predicted octanol–water partition coefficient (Wildman–Crippen LogP) is -0.676. The average Bonchev–Trinajstić information content (AvgIpc) is 1.77. The molecule has 3 nitrogen and oxygen atoms in total. The molecule has 0 saturated heterocycles. The number of hydrogen-bond donors (Lipinski definition) is 3. The SMILES string of the molecule is C[C@H]1NNC=CC1N. The molecule has 0 bridgehead atoms. The molecule has 0 saturated carbocycles. The third-order valence-corrected chi connectivity index (χ3v) is 1.29. The Morgan fingerprint density at radius 3 is 2.75 bits per heavy atom. The second-order valence-corrected chi connectivity index (χ2v) is 2.01. The van der Waals surface area contributed by atoms with Crippen molar-refractivity contribution in [1.82, 2.24) is 10.9 Å². The number of nitrogens with two attached hydrogens (primary N) is 1. The van der Waals surface area contributed by atoms with Gasteiger partial charge in [-0.3, -0.25) is 0 Å². The first kappa shape index (κ1) is 5.59. The smallest absolute Gasteiger partial charge is 0.0419 e. The number of hydrogen-bond acceptors (Lipinski definition) is 3. The molecule has 0 radical (unpaired) electrons. The van der Waals surface area contributed by atoms with Crippen LogP contribution in [0.5, 0.6) is 0 Å². The summed E-state index contributed by atoms with van der Waals surface area (Å²) in [5.41, 5.74) is 11.4. The Bertz CT molecular complexity index is 99.8. The lowest BCUT2D eigenvalue weighted by Gasteiger charge is -2.22. The van der Waals surface area contributed by atoms with Gasteiger partial charge in [0.15, 0.2) is 0 Å². The molecule has 0 aliphatic carbocycles. The van der Waals surface area contributed by atoms with Gasteiger partial charge in [0.05, 0.1) is 0 Å². The van der Waals surface area contributed by atoms with E-state index >= 15 is 0 Å². The van der Waals surface area contributed by atoms with Gasteiger partial charge in [0.25, 0.3) is 0 Å². The topological polar surface area (TPSA) is 50.1 Å². The molecule has 0 fully saturated rings. The van der Waals surface area contributed by atoms with Gasteiger partial charge in [-0.05, 0) is 13.0 Å². The molecule has 1 aliphatic rings. The molecule has 0 aromatic rings. The van der Waals surface area contributed by atoms with E-state index in [4.69, 9.17) is 5.73 Å². The molecular weight excluding hydrogens is 102 g/mol. The highest BCUT2D eigenvalue weighted by molar-refractivity contribution is 4.98. The minimum absolute atomic E-state index is 0.149. The van der Waals surface area contributed by atoms with E-state index in [0.29, 0.717) is 6.04 Å². The molecule has 3 heteroatoms. The zero-order valence-corrected chi connectivity index (χ0v) is 4.89. The first-order valence-corrected chi connectivity index (χ1v) is 2.74. The van der Waals surface area contributed by atoms with E-state index in [0.717, 1.165) is 0 Å². The van der Waals surface area contributed by atoms with Crippen LogP contribution in [0.1, 0.15) is 6.92 Å². The van der Waals surface area contributed by atoms with E-state index in [9.17, 15) is 0 Å². The van der Waals surface area contributed by atoms with Crippen LogP contribution >= 0.6 is 0 Å². The lowest BCUT2D eigenvalue weighted by Crippen LogP contribution is -2.49. The maximum atomic E-state index is 5.59. The van der Waals surface area contributed by atoms with Gasteiger partial charge < -0.3 is 11.2 Å². The van der Waals surface area contributed by atoms with Gasteiger partial charge in [-0.15, -0.1) is 0 Å². The van der Waals surface area contributed by atoms with Crippen molar-refractivity contribution in [1.29, 1.82) is 0 Å². The van der Waals surface area contributed by atoms with Crippen molar-refractivity contribution in [3.63, 3.8) is 0 Å². The molecule has 1 aliphatic heterocycles. The Kier molecular flexibility index (Phi) is 1.50. The summed E-state index contributed by atoms with van der Waals surface area (Å²) < 4.78 is 0. The van der Waals surface area contributed by atoms with E-state index < -0.39 is 0 Å². The fourth-order valence-electron chi connectivity index (χ4n) is 0.602.